The number of nitrogens with zero attached hydrogens (tertiary/aromatic N) is 1. The van der Waals surface area contributed by atoms with Crippen molar-refractivity contribution >= 4 is 17.2 Å². The first-order chi connectivity index (χ1) is 10.5. The molecule has 0 aliphatic rings. The smallest absolute Gasteiger partial charge is 0.274 e. The lowest BCUT2D eigenvalue weighted by Crippen LogP contribution is -2.20. The van der Waals surface area contributed by atoms with Gasteiger partial charge in [-0.1, -0.05) is 43.3 Å². The van der Waals surface area contributed by atoms with Crippen molar-refractivity contribution < 1.29 is 9.72 Å². The molecule has 5 nitrogen and oxygen atoms in total. The Balaban J connectivity index is 2.06. The third-order valence-corrected chi connectivity index (χ3v) is 3.61. The van der Waals surface area contributed by atoms with Crippen molar-refractivity contribution in [3.63, 3.8) is 0 Å². The van der Waals surface area contributed by atoms with E-state index in [1.807, 2.05) is 25.1 Å². The maximum Gasteiger partial charge on any atom is 0.274 e. The summed E-state index contributed by atoms with van der Waals surface area (Å²) in [6, 6.07) is 14.0. The molecule has 2 rings (SSSR count). The second kappa shape index (κ2) is 6.85. The number of rotatable bonds is 6. The Morgan fingerprint density at radius 3 is 2.50 bits per heavy atom. The fourth-order valence-corrected chi connectivity index (χ4v) is 2.26. The van der Waals surface area contributed by atoms with E-state index in [2.05, 4.69) is 5.32 Å². The Labute approximate surface area is 129 Å². The average molecular weight is 298 g/mol. The number of carbonyl (C=O) groups is 1. The molecule has 1 N–H and O–H groups in total. The van der Waals surface area contributed by atoms with Crippen molar-refractivity contribution in [1.82, 2.24) is 0 Å². The van der Waals surface area contributed by atoms with E-state index < -0.39 is 4.92 Å². The standard InChI is InChI=1S/C17H18N2O3/c1-12(17(20)14-7-4-3-5-8-14)11-18-15-9-6-10-16(13(15)2)19(21)22/h3-10,12,18H,11H2,1-2H3. The first kappa shape index (κ1) is 15.7. The molecule has 1 unspecified atom stereocenters. The maximum atomic E-state index is 12.3. The van der Waals surface area contributed by atoms with Gasteiger partial charge in [-0.2, -0.15) is 0 Å². The molecule has 5 heteroatoms. The first-order valence-electron chi connectivity index (χ1n) is 7.08. The Bertz CT molecular complexity index is 684. The van der Waals surface area contributed by atoms with E-state index in [0.29, 0.717) is 23.4 Å². The minimum Gasteiger partial charge on any atom is -0.384 e. The van der Waals surface area contributed by atoms with Gasteiger partial charge in [0.1, 0.15) is 0 Å². The molecule has 2 aromatic carbocycles. The van der Waals surface area contributed by atoms with E-state index in [0.717, 1.165) is 0 Å². The lowest BCUT2D eigenvalue weighted by atomic mass is 9.99. The maximum absolute atomic E-state index is 12.3. The number of hydrogen-bond acceptors (Lipinski definition) is 4. The highest BCUT2D eigenvalue weighted by Gasteiger charge is 2.17. The van der Waals surface area contributed by atoms with Crippen molar-refractivity contribution in [3.05, 3.63) is 69.8 Å². The highest BCUT2D eigenvalue weighted by molar-refractivity contribution is 5.97. The second-order valence-corrected chi connectivity index (χ2v) is 5.22. The van der Waals surface area contributed by atoms with Gasteiger partial charge in [-0.05, 0) is 13.0 Å². The van der Waals surface area contributed by atoms with Crippen LogP contribution in [0.5, 0.6) is 0 Å². The van der Waals surface area contributed by atoms with Gasteiger partial charge in [-0.3, -0.25) is 14.9 Å². The van der Waals surface area contributed by atoms with Gasteiger partial charge in [0.2, 0.25) is 0 Å². The number of hydrogen-bond donors (Lipinski definition) is 1. The summed E-state index contributed by atoms with van der Waals surface area (Å²) in [5, 5.41) is 14.1. The van der Waals surface area contributed by atoms with Gasteiger partial charge in [0.15, 0.2) is 5.78 Å². The Hall–Kier alpha value is -2.69. The molecule has 2 aromatic rings. The van der Waals surface area contributed by atoms with Crippen LogP contribution in [0.3, 0.4) is 0 Å². The van der Waals surface area contributed by atoms with Crippen molar-refractivity contribution in [1.29, 1.82) is 0 Å². The van der Waals surface area contributed by atoms with Crippen molar-refractivity contribution in [2.45, 2.75) is 13.8 Å². The van der Waals surface area contributed by atoms with E-state index in [1.165, 1.54) is 6.07 Å². The first-order valence-corrected chi connectivity index (χ1v) is 7.08. The molecule has 0 heterocycles. The summed E-state index contributed by atoms with van der Waals surface area (Å²) in [5.41, 5.74) is 2.01. The lowest BCUT2D eigenvalue weighted by molar-refractivity contribution is -0.385. The molecule has 0 amide bonds. The molecular formula is C17H18N2O3. The summed E-state index contributed by atoms with van der Waals surface area (Å²) < 4.78 is 0. The summed E-state index contributed by atoms with van der Waals surface area (Å²) in [5.74, 6) is -0.169. The van der Waals surface area contributed by atoms with Gasteiger partial charge in [0.05, 0.1) is 4.92 Å². The zero-order valence-corrected chi connectivity index (χ0v) is 12.6. The molecule has 0 bridgehead atoms. The zero-order valence-electron chi connectivity index (χ0n) is 12.6. The third-order valence-electron chi connectivity index (χ3n) is 3.61. The quantitative estimate of drug-likeness (QED) is 0.499. The Morgan fingerprint density at radius 2 is 1.86 bits per heavy atom. The van der Waals surface area contributed by atoms with Crippen LogP contribution in [0.15, 0.2) is 48.5 Å². The van der Waals surface area contributed by atoms with Crippen molar-refractivity contribution in [2.75, 3.05) is 11.9 Å². The number of nitro benzene ring substituents is 1. The molecule has 0 spiro atoms. The van der Waals surface area contributed by atoms with E-state index in [1.54, 1.807) is 31.2 Å². The van der Waals surface area contributed by atoms with Gasteiger partial charge in [0, 0.05) is 35.3 Å². The van der Waals surface area contributed by atoms with E-state index in [4.69, 9.17) is 0 Å². The zero-order chi connectivity index (χ0) is 16.1. The number of benzene rings is 2. The molecule has 0 aliphatic carbocycles. The van der Waals surface area contributed by atoms with Gasteiger partial charge >= 0.3 is 0 Å². The predicted octanol–water partition coefficient (Wildman–Crippen LogP) is 3.83. The molecule has 0 fully saturated rings. The Morgan fingerprint density at radius 1 is 1.18 bits per heavy atom. The number of nitro groups is 1. The topological polar surface area (TPSA) is 72.2 Å². The van der Waals surface area contributed by atoms with Crippen LogP contribution in [0.25, 0.3) is 0 Å². The molecule has 0 saturated heterocycles. The highest BCUT2D eigenvalue weighted by atomic mass is 16.6. The summed E-state index contributed by atoms with van der Waals surface area (Å²) in [6.07, 6.45) is 0. The molecular weight excluding hydrogens is 280 g/mol. The highest BCUT2D eigenvalue weighted by Crippen LogP contribution is 2.25. The van der Waals surface area contributed by atoms with E-state index >= 15 is 0 Å². The summed E-state index contributed by atoms with van der Waals surface area (Å²) in [6.45, 7) is 3.97. The fraction of sp³-hybridized carbons (Fsp3) is 0.235. The minimum atomic E-state index is -0.404. The fourth-order valence-electron chi connectivity index (χ4n) is 2.26. The number of ketones is 1. The van der Waals surface area contributed by atoms with Crippen LogP contribution in [0, 0.1) is 23.0 Å². The number of carbonyl (C=O) groups excluding carboxylic acids is 1. The van der Waals surface area contributed by atoms with Crippen LogP contribution < -0.4 is 5.32 Å². The van der Waals surface area contributed by atoms with Crippen LogP contribution in [0.2, 0.25) is 0 Å². The molecule has 114 valence electrons. The largest absolute Gasteiger partial charge is 0.384 e. The predicted molar refractivity (Wildman–Crippen MR) is 86.3 cm³/mol. The van der Waals surface area contributed by atoms with E-state index in [-0.39, 0.29) is 17.4 Å². The molecule has 0 saturated carbocycles. The van der Waals surface area contributed by atoms with Gasteiger partial charge in [-0.25, -0.2) is 0 Å². The number of anilines is 1. The Kier molecular flexibility index (Phi) is 4.88. The van der Waals surface area contributed by atoms with E-state index in [9.17, 15) is 14.9 Å². The summed E-state index contributed by atoms with van der Waals surface area (Å²) in [4.78, 5) is 22.8. The molecule has 22 heavy (non-hydrogen) atoms. The molecule has 0 aromatic heterocycles. The molecule has 0 radical (unpaired) electrons. The normalized spacial score (nSPS) is 11.7. The molecule has 0 aliphatic heterocycles. The van der Waals surface area contributed by atoms with Gasteiger partial charge in [0.25, 0.3) is 5.69 Å². The summed E-state index contributed by atoms with van der Waals surface area (Å²) in [7, 11) is 0. The SMILES string of the molecule is Cc1c(NCC(C)C(=O)c2ccccc2)cccc1[N+](=O)[O-]. The second-order valence-electron chi connectivity index (χ2n) is 5.22. The third kappa shape index (κ3) is 3.49. The molecule has 1 atom stereocenters. The summed E-state index contributed by atoms with van der Waals surface area (Å²) >= 11 is 0. The van der Waals surface area contributed by atoms with Gasteiger partial charge in [-0.15, -0.1) is 0 Å². The number of Topliss-reactive ketones (excluding diaryl/α,β-unsaturated/α-hetero) is 1. The van der Waals surface area contributed by atoms with Crippen LogP contribution in [-0.4, -0.2) is 17.3 Å². The van der Waals surface area contributed by atoms with Crippen molar-refractivity contribution in [3.8, 4) is 0 Å². The lowest BCUT2D eigenvalue weighted by Gasteiger charge is -2.14. The van der Waals surface area contributed by atoms with Crippen LogP contribution >= 0.6 is 0 Å². The van der Waals surface area contributed by atoms with Crippen LogP contribution in [0.4, 0.5) is 11.4 Å². The number of nitrogens with one attached hydrogen (secondary N) is 1. The average Bonchev–Trinajstić information content (AvgIpc) is 2.53. The van der Waals surface area contributed by atoms with Gasteiger partial charge < -0.3 is 5.32 Å². The minimum absolute atomic E-state index is 0.0520. The monoisotopic (exact) mass is 298 g/mol. The van der Waals surface area contributed by atoms with Crippen LogP contribution in [-0.2, 0) is 0 Å². The van der Waals surface area contributed by atoms with Crippen LogP contribution in [0.1, 0.15) is 22.8 Å². The van der Waals surface area contributed by atoms with Crippen molar-refractivity contribution in [2.24, 2.45) is 5.92 Å².